The summed E-state index contributed by atoms with van der Waals surface area (Å²) in [7, 11) is 0. The molecule has 0 radical (unpaired) electrons. The number of nitrogens with zero attached hydrogens (tertiary/aromatic N) is 2. The third kappa shape index (κ3) is 3.80. The van der Waals surface area contributed by atoms with Crippen LogP contribution in [-0.2, 0) is 6.54 Å². The molecule has 3 nitrogen and oxygen atoms in total. The van der Waals surface area contributed by atoms with E-state index in [0.717, 1.165) is 24.5 Å². The van der Waals surface area contributed by atoms with Crippen LogP contribution in [0.15, 0.2) is 36.5 Å². The van der Waals surface area contributed by atoms with Crippen LogP contribution in [0.4, 0.5) is 0 Å². The summed E-state index contributed by atoms with van der Waals surface area (Å²) in [5.41, 5.74) is 2.48. The number of hydrogen-bond donors (Lipinski definition) is 1. The van der Waals surface area contributed by atoms with Gasteiger partial charge in [-0.15, -0.1) is 0 Å². The Hall–Kier alpha value is -1.45. The highest BCUT2D eigenvalue weighted by atomic mass is 15.1. The van der Waals surface area contributed by atoms with E-state index in [1.165, 1.54) is 43.4 Å². The molecule has 1 aromatic carbocycles. The summed E-state index contributed by atoms with van der Waals surface area (Å²) >= 11 is 0. The van der Waals surface area contributed by atoms with Crippen LogP contribution in [0.2, 0.25) is 0 Å². The predicted octanol–water partition coefficient (Wildman–Crippen LogP) is 3.06. The van der Waals surface area contributed by atoms with Gasteiger partial charge in [-0.25, -0.2) is 0 Å². The fourth-order valence-corrected chi connectivity index (χ4v) is 3.22. The number of benzene rings is 1. The second-order valence-electron chi connectivity index (χ2n) is 6.05. The number of aromatic nitrogens is 1. The van der Waals surface area contributed by atoms with Gasteiger partial charge < -0.3 is 5.32 Å². The molecule has 0 bridgehead atoms. The van der Waals surface area contributed by atoms with E-state index in [-0.39, 0.29) is 0 Å². The first-order valence-corrected chi connectivity index (χ1v) is 8.12. The molecule has 0 unspecified atom stereocenters. The van der Waals surface area contributed by atoms with Gasteiger partial charge in [0, 0.05) is 24.7 Å². The molecule has 1 saturated heterocycles. The lowest BCUT2D eigenvalue weighted by Crippen LogP contribution is -2.35. The molecule has 1 aliphatic heterocycles. The number of piperidine rings is 1. The van der Waals surface area contributed by atoms with Crippen molar-refractivity contribution in [2.24, 2.45) is 5.92 Å². The Kier molecular flexibility index (Phi) is 4.84. The molecule has 0 aliphatic carbocycles. The Morgan fingerprint density at radius 1 is 1.24 bits per heavy atom. The molecule has 3 heteroatoms. The minimum Gasteiger partial charge on any atom is -0.317 e. The molecular weight excluding hydrogens is 258 g/mol. The summed E-state index contributed by atoms with van der Waals surface area (Å²) < 4.78 is 0. The van der Waals surface area contributed by atoms with Crippen molar-refractivity contribution in [2.75, 3.05) is 26.2 Å². The second-order valence-corrected chi connectivity index (χ2v) is 6.05. The molecule has 2 aromatic rings. The van der Waals surface area contributed by atoms with Gasteiger partial charge in [-0.1, -0.05) is 19.1 Å². The third-order valence-electron chi connectivity index (χ3n) is 4.50. The fraction of sp³-hybridized carbons (Fsp3) is 0.500. The van der Waals surface area contributed by atoms with Gasteiger partial charge in [0.05, 0.1) is 5.52 Å². The zero-order valence-electron chi connectivity index (χ0n) is 12.9. The molecule has 1 N–H and O–H groups in total. The van der Waals surface area contributed by atoms with E-state index in [0.29, 0.717) is 0 Å². The lowest BCUT2D eigenvalue weighted by atomic mass is 9.97. The van der Waals surface area contributed by atoms with Crippen molar-refractivity contribution < 1.29 is 0 Å². The minimum atomic E-state index is 0.855. The quantitative estimate of drug-likeness (QED) is 0.914. The van der Waals surface area contributed by atoms with Crippen molar-refractivity contribution in [2.45, 2.75) is 26.3 Å². The standard InChI is InChI=1S/C18H25N3/c1-2-21(13-15-7-10-19-11-8-15)14-16-5-6-18-17(12-16)4-3-9-20-18/h3-6,9,12,15,19H,2,7-8,10-11,13-14H2,1H3. The summed E-state index contributed by atoms with van der Waals surface area (Å²) in [6, 6.07) is 10.8. The van der Waals surface area contributed by atoms with Crippen LogP contribution < -0.4 is 5.32 Å². The van der Waals surface area contributed by atoms with Crippen molar-refractivity contribution in [1.29, 1.82) is 0 Å². The molecule has 2 heterocycles. The molecule has 1 aliphatic rings. The van der Waals surface area contributed by atoms with Crippen molar-refractivity contribution in [3.8, 4) is 0 Å². The number of rotatable bonds is 5. The average Bonchev–Trinajstić information content (AvgIpc) is 2.55. The third-order valence-corrected chi connectivity index (χ3v) is 4.50. The molecule has 1 fully saturated rings. The highest BCUT2D eigenvalue weighted by Crippen LogP contribution is 2.18. The predicted molar refractivity (Wildman–Crippen MR) is 88.3 cm³/mol. The highest BCUT2D eigenvalue weighted by Gasteiger charge is 2.16. The summed E-state index contributed by atoms with van der Waals surface area (Å²) in [6.45, 7) is 8.03. The van der Waals surface area contributed by atoms with E-state index in [1.54, 1.807) is 0 Å². The number of nitrogens with one attached hydrogen (secondary N) is 1. The molecule has 112 valence electrons. The van der Waals surface area contributed by atoms with E-state index in [2.05, 4.69) is 46.4 Å². The largest absolute Gasteiger partial charge is 0.317 e. The topological polar surface area (TPSA) is 28.2 Å². The van der Waals surface area contributed by atoms with Gasteiger partial charge in [0.15, 0.2) is 0 Å². The summed E-state index contributed by atoms with van der Waals surface area (Å²) in [6.07, 6.45) is 4.49. The molecule has 3 rings (SSSR count). The Morgan fingerprint density at radius 3 is 2.90 bits per heavy atom. The molecule has 0 spiro atoms. The first-order chi connectivity index (χ1) is 10.3. The Labute approximate surface area is 127 Å². The Balaban J connectivity index is 1.66. The molecule has 0 saturated carbocycles. The Bertz CT molecular complexity index is 575. The van der Waals surface area contributed by atoms with Crippen LogP contribution in [-0.4, -0.2) is 36.1 Å². The van der Waals surface area contributed by atoms with Gasteiger partial charge >= 0.3 is 0 Å². The SMILES string of the molecule is CCN(Cc1ccc2ncccc2c1)CC1CCNCC1. The summed E-state index contributed by atoms with van der Waals surface area (Å²) in [5.74, 6) is 0.855. The van der Waals surface area contributed by atoms with Gasteiger partial charge in [-0.05, 0) is 62.2 Å². The maximum absolute atomic E-state index is 4.39. The zero-order chi connectivity index (χ0) is 14.5. The van der Waals surface area contributed by atoms with E-state index < -0.39 is 0 Å². The van der Waals surface area contributed by atoms with E-state index in [9.17, 15) is 0 Å². The summed E-state index contributed by atoms with van der Waals surface area (Å²) in [4.78, 5) is 6.97. The van der Waals surface area contributed by atoms with E-state index >= 15 is 0 Å². The van der Waals surface area contributed by atoms with Gasteiger partial charge in [0.1, 0.15) is 0 Å². The van der Waals surface area contributed by atoms with Gasteiger partial charge in [0.2, 0.25) is 0 Å². The minimum absolute atomic E-state index is 0.855. The zero-order valence-corrected chi connectivity index (χ0v) is 12.9. The maximum Gasteiger partial charge on any atom is 0.0702 e. The normalized spacial score (nSPS) is 16.7. The van der Waals surface area contributed by atoms with Crippen molar-refractivity contribution in [3.63, 3.8) is 0 Å². The first-order valence-electron chi connectivity index (χ1n) is 8.12. The summed E-state index contributed by atoms with van der Waals surface area (Å²) in [5, 5.41) is 4.69. The van der Waals surface area contributed by atoms with Gasteiger partial charge in [0.25, 0.3) is 0 Å². The number of hydrogen-bond acceptors (Lipinski definition) is 3. The van der Waals surface area contributed by atoms with Gasteiger partial charge in [-0.2, -0.15) is 0 Å². The monoisotopic (exact) mass is 283 g/mol. The van der Waals surface area contributed by atoms with Crippen LogP contribution in [0.25, 0.3) is 10.9 Å². The second kappa shape index (κ2) is 7.01. The first kappa shape index (κ1) is 14.5. The number of fused-ring (bicyclic) bond motifs is 1. The average molecular weight is 283 g/mol. The molecule has 0 atom stereocenters. The smallest absolute Gasteiger partial charge is 0.0702 e. The van der Waals surface area contributed by atoms with Crippen LogP contribution in [0, 0.1) is 5.92 Å². The Morgan fingerprint density at radius 2 is 2.10 bits per heavy atom. The van der Waals surface area contributed by atoms with Crippen LogP contribution in [0.3, 0.4) is 0 Å². The van der Waals surface area contributed by atoms with Crippen molar-refractivity contribution in [3.05, 3.63) is 42.1 Å². The number of pyridine rings is 1. The van der Waals surface area contributed by atoms with Crippen LogP contribution >= 0.6 is 0 Å². The molecule has 0 amide bonds. The highest BCUT2D eigenvalue weighted by molar-refractivity contribution is 5.78. The maximum atomic E-state index is 4.39. The van der Waals surface area contributed by atoms with Gasteiger partial charge in [-0.3, -0.25) is 9.88 Å². The van der Waals surface area contributed by atoms with Crippen LogP contribution in [0.5, 0.6) is 0 Å². The van der Waals surface area contributed by atoms with Crippen molar-refractivity contribution >= 4 is 10.9 Å². The van der Waals surface area contributed by atoms with E-state index in [4.69, 9.17) is 0 Å². The lowest BCUT2D eigenvalue weighted by Gasteiger charge is -2.29. The lowest BCUT2D eigenvalue weighted by molar-refractivity contribution is 0.207. The molecular formula is C18H25N3. The van der Waals surface area contributed by atoms with E-state index in [1.807, 2.05) is 12.3 Å². The van der Waals surface area contributed by atoms with Crippen molar-refractivity contribution in [1.82, 2.24) is 15.2 Å². The molecule has 21 heavy (non-hydrogen) atoms. The fourth-order valence-electron chi connectivity index (χ4n) is 3.22. The van der Waals surface area contributed by atoms with Crippen LogP contribution in [0.1, 0.15) is 25.3 Å². The molecule has 1 aromatic heterocycles.